The van der Waals surface area contributed by atoms with Gasteiger partial charge in [0.1, 0.15) is 0 Å². The van der Waals surface area contributed by atoms with Gasteiger partial charge in [0.15, 0.2) is 0 Å². The molecule has 1 saturated carbocycles. The number of pyridine rings is 1. The first-order valence-electron chi connectivity index (χ1n) is 9.47. The molecule has 1 aliphatic carbocycles. The van der Waals surface area contributed by atoms with Crippen LogP contribution < -0.4 is 5.32 Å². The maximum absolute atomic E-state index is 13.5. The number of rotatable bonds is 5. The summed E-state index contributed by atoms with van der Waals surface area (Å²) in [5.74, 6) is 0.578. The van der Waals surface area contributed by atoms with Crippen molar-refractivity contribution in [3.8, 4) is 0 Å². The SMILES string of the molecule is CCCN(C(=O)c1cc(C2CC2)nc2onc(C)c12)C1CCNCC1.Cl. The maximum atomic E-state index is 13.5. The summed E-state index contributed by atoms with van der Waals surface area (Å²) in [4.78, 5) is 20.2. The van der Waals surface area contributed by atoms with Crippen molar-refractivity contribution in [2.75, 3.05) is 19.6 Å². The summed E-state index contributed by atoms with van der Waals surface area (Å²) in [7, 11) is 0. The minimum absolute atomic E-state index is 0. The van der Waals surface area contributed by atoms with Crippen molar-refractivity contribution >= 4 is 29.4 Å². The minimum Gasteiger partial charge on any atom is -0.336 e. The van der Waals surface area contributed by atoms with Gasteiger partial charge >= 0.3 is 0 Å². The highest BCUT2D eigenvalue weighted by molar-refractivity contribution is 6.06. The maximum Gasteiger partial charge on any atom is 0.259 e. The van der Waals surface area contributed by atoms with Gasteiger partial charge in [-0.3, -0.25) is 4.79 Å². The molecular formula is C19H27ClN4O2. The summed E-state index contributed by atoms with van der Waals surface area (Å²) in [6, 6.07) is 2.30. The standard InChI is InChI=1S/C19H26N4O2.ClH/c1-3-10-23(14-6-8-20-9-7-14)19(24)15-11-16(13-4-5-13)21-18-17(15)12(2)22-25-18;/h11,13-14,20H,3-10H2,1-2H3;1H. The molecule has 2 aromatic heterocycles. The van der Waals surface area contributed by atoms with E-state index in [0.717, 1.165) is 74.1 Å². The first kappa shape index (κ1) is 19.1. The van der Waals surface area contributed by atoms with Crippen LogP contribution in [-0.4, -0.2) is 46.6 Å². The monoisotopic (exact) mass is 378 g/mol. The number of fused-ring (bicyclic) bond motifs is 1. The number of carbonyl (C=O) groups is 1. The van der Waals surface area contributed by atoms with Gasteiger partial charge in [0.05, 0.1) is 16.6 Å². The number of nitrogens with zero attached hydrogens (tertiary/aromatic N) is 3. The van der Waals surface area contributed by atoms with Crippen molar-refractivity contribution in [3.63, 3.8) is 0 Å². The Bertz CT molecular complexity index is 781. The van der Waals surface area contributed by atoms with Crippen LogP contribution in [0.15, 0.2) is 10.6 Å². The van der Waals surface area contributed by atoms with Crippen molar-refractivity contribution in [3.05, 3.63) is 23.0 Å². The molecule has 1 saturated heterocycles. The second-order valence-corrected chi connectivity index (χ2v) is 7.30. The molecule has 6 nitrogen and oxygen atoms in total. The Kier molecular flexibility index (Phi) is 5.82. The Balaban J connectivity index is 0.00000196. The molecule has 26 heavy (non-hydrogen) atoms. The smallest absolute Gasteiger partial charge is 0.259 e. The van der Waals surface area contributed by atoms with E-state index in [1.807, 2.05) is 13.0 Å². The lowest BCUT2D eigenvalue weighted by molar-refractivity contribution is 0.0644. The molecule has 2 aliphatic rings. The average Bonchev–Trinajstić information content (AvgIpc) is 3.43. The molecule has 1 amide bonds. The normalized spacial score (nSPS) is 17.9. The second kappa shape index (κ2) is 7.92. The number of aromatic nitrogens is 2. The lowest BCUT2D eigenvalue weighted by atomic mass is 10.0. The van der Waals surface area contributed by atoms with Crippen LogP contribution in [-0.2, 0) is 0 Å². The molecule has 1 N–H and O–H groups in total. The van der Waals surface area contributed by atoms with Crippen molar-refractivity contribution in [2.45, 2.75) is 57.9 Å². The highest BCUT2D eigenvalue weighted by Gasteiger charge is 2.31. The molecule has 2 aromatic rings. The van der Waals surface area contributed by atoms with Gasteiger partial charge in [0.2, 0.25) is 0 Å². The lowest BCUT2D eigenvalue weighted by Gasteiger charge is -2.34. The lowest BCUT2D eigenvalue weighted by Crippen LogP contribution is -2.46. The molecule has 0 unspecified atom stereocenters. The number of piperidine rings is 1. The van der Waals surface area contributed by atoms with Crippen LogP contribution in [0.4, 0.5) is 0 Å². The highest BCUT2D eigenvalue weighted by Crippen LogP contribution is 2.40. The molecule has 1 aliphatic heterocycles. The molecular weight excluding hydrogens is 352 g/mol. The van der Waals surface area contributed by atoms with Gasteiger partial charge in [-0.05, 0) is 58.2 Å². The molecule has 142 valence electrons. The number of aryl methyl sites for hydroxylation is 1. The molecule has 4 rings (SSSR count). The highest BCUT2D eigenvalue weighted by atomic mass is 35.5. The third-order valence-corrected chi connectivity index (χ3v) is 5.34. The van der Waals surface area contributed by atoms with Gasteiger partial charge in [-0.1, -0.05) is 12.1 Å². The van der Waals surface area contributed by atoms with E-state index < -0.39 is 0 Å². The fourth-order valence-corrected chi connectivity index (χ4v) is 3.83. The van der Waals surface area contributed by atoms with Gasteiger partial charge in [-0.15, -0.1) is 12.4 Å². The fraction of sp³-hybridized carbons (Fsp3) is 0.632. The number of hydrogen-bond acceptors (Lipinski definition) is 5. The number of amides is 1. The van der Waals surface area contributed by atoms with Crippen LogP contribution in [0.3, 0.4) is 0 Å². The van der Waals surface area contributed by atoms with E-state index in [9.17, 15) is 4.79 Å². The summed E-state index contributed by atoms with van der Waals surface area (Å²) in [6.45, 7) is 6.75. The van der Waals surface area contributed by atoms with E-state index in [2.05, 4.69) is 27.3 Å². The number of carbonyl (C=O) groups excluding carboxylic acids is 1. The Morgan fingerprint density at radius 3 is 2.69 bits per heavy atom. The average molecular weight is 379 g/mol. The third-order valence-electron chi connectivity index (χ3n) is 5.34. The van der Waals surface area contributed by atoms with Gasteiger partial charge in [0.25, 0.3) is 11.6 Å². The summed E-state index contributed by atoms with van der Waals surface area (Å²) < 4.78 is 5.40. The van der Waals surface area contributed by atoms with E-state index in [-0.39, 0.29) is 18.3 Å². The predicted molar refractivity (Wildman–Crippen MR) is 103 cm³/mol. The van der Waals surface area contributed by atoms with Gasteiger partial charge in [-0.2, -0.15) is 0 Å². The van der Waals surface area contributed by atoms with Crippen molar-refractivity contribution in [1.29, 1.82) is 0 Å². The summed E-state index contributed by atoms with van der Waals surface area (Å²) >= 11 is 0. The van der Waals surface area contributed by atoms with Gasteiger partial charge < -0.3 is 14.7 Å². The van der Waals surface area contributed by atoms with Gasteiger partial charge in [0, 0.05) is 24.2 Å². The quantitative estimate of drug-likeness (QED) is 0.862. The van der Waals surface area contributed by atoms with Gasteiger partial charge in [-0.25, -0.2) is 4.98 Å². The molecule has 2 fully saturated rings. The third kappa shape index (κ3) is 3.58. The molecule has 0 bridgehead atoms. The van der Waals surface area contributed by atoms with Crippen LogP contribution in [0.2, 0.25) is 0 Å². The van der Waals surface area contributed by atoms with Crippen LogP contribution in [0.25, 0.3) is 11.1 Å². The topological polar surface area (TPSA) is 71.3 Å². The predicted octanol–water partition coefficient (Wildman–Crippen LogP) is 3.43. The fourth-order valence-electron chi connectivity index (χ4n) is 3.83. The minimum atomic E-state index is 0. The largest absolute Gasteiger partial charge is 0.336 e. The van der Waals surface area contributed by atoms with Crippen LogP contribution in [0, 0.1) is 6.92 Å². The first-order valence-corrected chi connectivity index (χ1v) is 9.47. The van der Waals surface area contributed by atoms with E-state index >= 15 is 0 Å². The number of nitrogens with one attached hydrogen (secondary N) is 1. The Morgan fingerprint density at radius 1 is 1.31 bits per heavy atom. The van der Waals surface area contributed by atoms with Crippen molar-refractivity contribution < 1.29 is 9.32 Å². The Hall–Kier alpha value is -1.66. The van der Waals surface area contributed by atoms with E-state index in [4.69, 9.17) is 4.52 Å². The summed E-state index contributed by atoms with van der Waals surface area (Å²) in [6.07, 6.45) is 5.27. The number of hydrogen-bond donors (Lipinski definition) is 1. The first-order chi connectivity index (χ1) is 12.2. The van der Waals surface area contributed by atoms with Crippen molar-refractivity contribution in [1.82, 2.24) is 20.4 Å². The number of halogens is 1. The zero-order chi connectivity index (χ0) is 17.4. The zero-order valence-corrected chi connectivity index (χ0v) is 16.3. The molecule has 0 atom stereocenters. The summed E-state index contributed by atoms with van der Waals surface area (Å²) in [5.41, 5.74) is 2.95. The van der Waals surface area contributed by atoms with Crippen LogP contribution >= 0.6 is 12.4 Å². The van der Waals surface area contributed by atoms with E-state index in [1.54, 1.807) is 0 Å². The molecule has 3 heterocycles. The van der Waals surface area contributed by atoms with Crippen LogP contribution in [0.1, 0.15) is 66.7 Å². The van der Waals surface area contributed by atoms with E-state index in [0.29, 0.717) is 17.7 Å². The second-order valence-electron chi connectivity index (χ2n) is 7.30. The summed E-state index contributed by atoms with van der Waals surface area (Å²) in [5, 5.41) is 8.23. The molecule has 7 heteroatoms. The molecule has 0 radical (unpaired) electrons. The van der Waals surface area contributed by atoms with E-state index in [1.165, 1.54) is 0 Å². The van der Waals surface area contributed by atoms with Crippen LogP contribution in [0.5, 0.6) is 0 Å². The molecule has 0 aromatic carbocycles. The Morgan fingerprint density at radius 2 is 2.04 bits per heavy atom. The zero-order valence-electron chi connectivity index (χ0n) is 15.5. The molecule has 0 spiro atoms. The Labute approximate surface area is 160 Å². The van der Waals surface area contributed by atoms with Crippen molar-refractivity contribution in [2.24, 2.45) is 0 Å².